The van der Waals surface area contributed by atoms with Gasteiger partial charge in [0.1, 0.15) is 0 Å². The molecule has 6 heteroatoms. The van der Waals surface area contributed by atoms with E-state index in [1.807, 2.05) is 13.8 Å². The predicted molar refractivity (Wildman–Crippen MR) is 73.8 cm³/mol. The molecule has 0 bridgehead atoms. The summed E-state index contributed by atoms with van der Waals surface area (Å²) >= 11 is 0. The molecule has 1 aliphatic rings. The van der Waals surface area contributed by atoms with Gasteiger partial charge in [0.05, 0.1) is 19.4 Å². The van der Waals surface area contributed by atoms with E-state index in [0.29, 0.717) is 25.6 Å². The van der Waals surface area contributed by atoms with Crippen LogP contribution in [0, 0.1) is 11.8 Å². The van der Waals surface area contributed by atoms with Crippen molar-refractivity contribution < 1.29 is 19.1 Å². The number of likely N-dealkylation sites (tertiary alicyclic amines) is 1. The van der Waals surface area contributed by atoms with E-state index in [4.69, 9.17) is 0 Å². The van der Waals surface area contributed by atoms with Gasteiger partial charge >= 0.3 is 5.97 Å². The molecule has 20 heavy (non-hydrogen) atoms. The fraction of sp³-hybridized carbons (Fsp3) is 0.786. The Morgan fingerprint density at radius 1 is 1.45 bits per heavy atom. The maximum absolute atomic E-state index is 12.2. The third-order valence-electron chi connectivity index (χ3n) is 3.40. The van der Waals surface area contributed by atoms with E-state index in [1.54, 1.807) is 11.9 Å². The first-order valence-corrected chi connectivity index (χ1v) is 6.94. The zero-order valence-electron chi connectivity index (χ0n) is 12.7. The van der Waals surface area contributed by atoms with Gasteiger partial charge in [-0.05, 0) is 5.92 Å². The van der Waals surface area contributed by atoms with Crippen LogP contribution in [0.4, 0.5) is 0 Å². The first kappa shape index (κ1) is 16.5. The number of esters is 1. The Balaban J connectivity index is 2.48. The molecule has 1 saturated heterocycles. The third-order valence-corrected chi connectivity index (χ3v) is 3.40. The van der Waals surface area contributed by atoms with Gasteiger partial charge in [0.15, 0.2) is 0 Å². The lowest BCUT2D eigenvalue weighted by Crippen LogP contribution is -2.36. The topological polar surface area (TPSA) is 66.9 Å². The molecule has 1 rings (SSSR count). The number of amides is 2. The first-order valence-electron chi connectivity index (χ1n) is 6.94. The second kappa shape index (κ2) is 7.26. The van der Waals surface area contributed by atoms with Crippen LogP contribution in [0.15, 0.2) is 0 Å². The van der Waals surface area contributed by atoms with E-state index in [0.717, 1.165) is 0 Å². The van der Waals surface area contributed by atoms with Crippen LogP contribution in [0.3, 0.4) is 0 Å². The quantitative estimate of drug-likeness (QED) is 0.667. The van der Waals surface area contributed by atoms with E-state index in [9.17, 15) is 14.4 Å². The van der Waals surface area contributed by atoms with Crippen LogP contribution in [0.25, 0.3) is 0 Å². The van der Waals surface area contributed by atoms with Crippen LogP contribution in [0.1, 0.15) is 26.7 Å². The van der Waals surface area contributed by atoms with E-state index >= 15 is 0 Å². The Bertz CT molecular complexity index is 381. The summed E-state index contributed by atoms with van der Waals surface area (Å²) in [5.74, 6) is -0.269. The number of rotatable bonds is 6. The molecule has 0 N–H and O–H groups in total. The van der Waals surface area contributed by atoms with Crippen LogP contribution >= 0.6 is 0 Å². The lowest BCUT2D eigenvalue weighted by molar-refractivity contribution is -0.142. The molecule has 0 radical (unpaired) electrons. The molecule has 0 spiro atoms. The minimum absolute atomic E-state index is 0.0402. The van der Waals surface area contributed by atoms with Crippen molar-refractivity contribution in [3.8, 4) is 0 Å². The van der Waals surface area contributed by atoms with Crippen LogP contribution in [0.5, 0.6) is 0 Å². The van der Waals surface area contributed by atoms with E-state index in [2.05, 4.69) is 4.74 Å². The summed E-state index contributed by atoms with van der Waals surface area (Å²) in [5, 5.41) is 0. The zero-order chi connectivity index (χ0) is 15.3. The van der Waals surface area contributed by atoms with Crippen molar-refractivity contribution in [2.45, 2.75) is 26.7 Å². The van der Waals surface area contributed by atoms with Crippen molar-refractivity contribution >= 4 is 17.8 Å². The van der Waals surface area contributed by atoms with E-state index < -0.39 is 0 Å². The monoisotopic (exact) mass is 284 g/mol. The van der Waals surface area contributed by atoms with Gasteiger partial charge in [-0.3, -0.25) is 14.4 Å². The maximum atomic E-state index is 12.2. The summed E-state index contributed by atoms with van der Waals surface area (Å²) in [6.45, 7) is 5.59. The number of carbonyl (C=O) groups excluding carboxylic acids is 3. The highest BCUT2D eigenvalue weighted by molar-refractivity contribution is 5.89. The van der Waals surface area contributed by atoms with Gasteiger partial charge in [-0.1, -0.05) is 13.8 Å². The summed E-state index contributed by atoms with van der Waals surface area (Å²) in [5.41, 5.74) is 0. The lowest BCUT2D eigenvalue weighted by atomic mass is 10.1. The number of carbonyl (C=O) groups is 3. The van der Waals surface area contributed by atoms with Crippen molar-refractivity contribution in [2.24, 2.45) is 11.8 Å². The van der Waals surface area contributed by atoms with E-state index in [1.165, 1.54) is 12.0 Å². The molecule has 0 aromatic heterocycles. The van der Waals surface area contributed by atoms with Crippen LogP contribution < -0.4 is 0 Å². The number of ether oxygens (including phenoxy) is 1. The second-order valence-electron chi connectivity index (χ2n) is 5.68. The molecule has 0 aliphatic carbocycles. The van der Waals surface area contributed by atoms with Gasteiger partial charge in [-0.25, -0.2) is 0 Å². The average Bonchev–Trinajstić information content (AvgIpc) is 2.75. The van der Waals surface area contributed by atoms with Crippen molar-refractivity contribution in [2.75, 3.05) is 33.8 Å². The van der Waals surface area contributed by atoms with Crippen LogP contribution in [0.2, 0.25) is 0 Å². The average molecular weight is 284 g/mol. The van der Waals surface area contributed by atoms with Gasteiger partial charge in [0, 0.05) is 33.1 Å². The zero-order valence-corrected chi connectivity index (χ0v) is 12.7. The largest absolute Gasteiger partial charge is 0.469 e. The SMILES string of the molecule is COC(=O)CCN(C)C(=O)C1CC(=O)N(CC(C)C)C1. The number of hydrogen-bond donors (Lipinski definition) is 0. The molecule has 0 aromatic rings. The molecular formula is C14H24N2O4. The number of nitrogens with zero attached hydrogens (tertiary/aromatic N) is 2. The summed E-state index contributed by atoms with van der Waals surface area (Å²) in [6, 6.07) is 0. The fourth-order valence-electron chi connectivity index (χ4n) is 2.34. The highest BCUT2D eigenvalue weighted by Crippen LogP contribution is 2.20. The molecule has 0 aromatic carbocycles. The third kappa shape index (κ3) is 4.51. The summed E-state index contributed by atoms with van der Waals surface area (Å²) in [7, 11) is 2.98. The van der Waals surface area contributed by atoms with Crippen molar-refractivity contribution in [1.29, 1.82) is 0 Å². The normalized spacial score (nSPS) is 18.6. The van der Waals surface area contributed by atoms with Crippen LogP contribution in [-0.2, 0) is 19.1 Å². The van der Waals surface area contributed by atoms with Crippen molar-refractivity contribution in [3.63, 3.8) is 0 Å². The standard InChI is InChI=1S/C14H24N2O4/c1-10(2)8-16-9-11(7-12(16)17)14(19)15(3)6-5-13(18)20-4/h10-11H,5-9H2,1-4H3. The Hall–Kier alpha value is -1.59. The Morgan fingerprint density at radius 3 is 2.65 bits per heavy atom. The summed E-state index contributed by atoms with van der Waals surface area (Å²) < 4.78 is 4.54. The molecule has 1 aliphatic heterocycles. The first-order chi connectivity index (χ1) is 9.35. The molecule has 1 fully saturated rings. The van der Waals surface area contributed by atoms with Gasteiger partial charge in [0.2, 0.25) is 11.8 Å². The van der Waals surface area contributed by atoms with Gasteiger partial charge < -0.3 is 14.5 Å². The van der Waals surface area contributed by atoms with Crippen molar-refractivity contribution in [3.05, 3.63) is 0 Å². The smallest absolute Gasteiger partial charge is 0.307 e. The summed E-state index contributed by atoms with van der Waals surface area (Å²) in [6.07, 6.45) is 0.448. The Kier molecular flexibility index (Phi) is 5.98. The maximum Gasteiger partial charge on any atom is 0.307 e. The van der Waals surface area contributed by atoms with Gasteiger partial charge in [0.25, 0.3) is 0 Å². The molecule has 114 valence electrons. The Labute approximate surface area is 120 Å². The highest BCUT2D eigenvalue weighted by atomic mass is 16.5. The molecule has 1 unspecified atom stereocenters. The molecule has 6 nitrogen and oxygen atoms in total. The van der Waals surface area contributed by atoms with Gasteiger partial charge in [-0.2, -0.15) is 0 Å². The van der Waals surface area contributed by atoms with Gasteiger partial charge in [-0.15, -0.1) is 0 Å². The predicted octanol–water partition coefficient (Wildman–Crippen LogP) is 0.512. The molecule has 1 atom stereocenters. The van der Waals surface area contributed by atoms with Crippen LogP contribution in [-0.4, -0.2) is 61.4 Å². The fourth-order valence-corrected chi connectivity index (χ4v) is 2.34. The number of methoxy groups -OCH3 is 1. The van der Waals surface area contributed by atoms with Crippen molar-refractivity contribution in [1.82, 2.24) is 9.80 Å². The second-order valence-corrected chi connectivity index (χ2v) is 5.68. The minimum atomic E-state index is -0.339. The highest BCUT2D eigenvalue weighted by Gasteiger charge is 2.35. The summed E-state index contributed by atoms with van der Waals surface area (Å²) in [4.78, 5) is 38.4. The van der Waals surface area contributed by atoms with E-state index in [-0.39, 0.29) is 36.5 Å². The number of hydrogen-bond acceptors (Lipinski definition) is 4. The lowest BCUT2D eigenvalue weighted by Gasteiger charge is -2.21. The minimum Gasteiger partial charge on any atom is -0.469 e. The molecular weight excluding hydrogens is 260 g/mol. The Morgan fingerprint density at radius 2 is 2.10 bits per heavy atom. The molecule has 0 saturated carbocycles. The molecule has 2 amide bonds. The molecule has 1 heterocycles.